The molecule has 1 aliphatic rings. The molecule has 0 aromatic carbocycles. The van der Waals surface area contributed by atoms with Gasteiger partial charge in [-0.2, -0.15) is 4.98 Å². The number of nitrogens with zero attached hydrogens (tertiary/aromatic N) is 2. The van der Waals surface area contributed by atoms with Crippen molar-refractivity contribution in [1.29, 1.82) is 0 Å². The van der Waals surface area contributed by atoms with Crippen LogP contribution in [0.4, 0.5) is 5.95 Å². The number of aliphatic hydroxyl groups excluding tert-OH is 1. The van der Waals surface area contributed by atoms with Gasteiger partial charge in [-0.05, 0) is 6.42 Å². The Morgan fingerprint density at radius 3 is 2.95 bits per heavy atom. The molecule has 0 radical (unpaired) electrons. The summed E-state index contributed by atoms with van der Waals surface area (Å²) < 4.78 is 6.63. The van der Waals surface area contributed by atoms with Gasteiger partial charge >= 0.3 is 4.87 Å². The molecule has 1 aliphatic heterocycles. The lowest BCUT2D eigenvalue weighted by atomic mass is 10.2. The van der Waals surface area contributed by atoms with Gasteiger partial charge in [0.1, 0.15) is 4.70 Å². The van der Waals surface area contributed by atoms with E-state index in [1.54, 1.807) is 0 Å². The number of ketones is 1. The summed E-state index contributed by atoms with van der Waals surface area (Å²) in [6.07, 6.45) is -1.17. The number of H-pyrrole nitrogens is 1. The second-order valence-electron chi connectivity index (χ2n) is 4.64. The lowest BCUT2D eigenvalue weighted by Gasteiger charge is -2.12. The first kappa shape index (κ1) is 13.9. The Morgan fingerprint density at radius 1 is 1.48 bits per heavy atom. The van der Waals surface area contributed by atoms with E-state index in [1.165, 1.54) is 0 Å². The number of thiazole rings is 1. The summed E-state index contributed by atoms with van der Waals surface area (Å²) >= 11 is 0.682. The summed E-state index contributed by atoms with van der Waals surface area (Å²) in [5.74, 6) is -0.438. The second-order valence-corrected chi connectivity index (χ2v) is 5.60. The highest BCUT2D eigenvalue weighted by Gasteiger charge is 2.36. The maximum Gasteiger partial charge on any atom is 0.312 e. The molecule has 0 aliphatic carbocycles. The first-order valence-electron chi connectivity index (χ1n) is 6.21. The highest BCUT2D eigenvalue weighted by atomic mass is 32.1. The van der Waals surface area contributed by atoms with E-state index in [0.29, 0.717) is 17.8 Å². The number of hydrogen-bond acceptors (Lipinski definition) is 8. The zero-order chi connectivity index (χ0) is 15.1. The summed E-state index contributed by atoms with van der Waals surface area (Å²) in [5, 5.41) is 8.90. The monoisotopic (exact) mass is 312 g/mol. The molecule has 10 heteroatoms. The number of Topliss-reactive ketones (excluding diaryl/α,β-unsaturated/α-hetero) is 1. The van der Waals surface area contributed by atoms with E-state index >= 15 is 0 Å². The lowest BCUT2D eigenvalue weighted by Crippen LogP contribution is -2.25. The molecule has 2 aromatic rings. The van der Waals surface area contributed by atoms with Crippen molar-refractivity contribution in [1.82, 2.24) is 14.5 Å². The minimum Gasteiger partial charge on any atom is -0.396 e. The molecule has 2 atom stereocenters. The Kier molecular flexibility index (Phi) is 3.35. The average Bonchev–Trinajstić information content (AvgIpc) is 2.90. The molecule has 1 fully saturated rings. The third-order valence-corrected chi connectivity index (χ3v) is 4.15. The van der Waals surface area contributed by atoms with Crippen molar-refractivity contribution in [3.05, 3.63) is 20.0 Å². The van der Waals surface area contributed by atoms with Gasteiger partial charge in [0, 0.05) is 13.0 Å². The maximum absolute atomic E-state index is 12.1. The van der Waals surface area contributed by atoms with Crippen molar-refractivity contribution >= 4 is 33.4 Å². The Hall–Kier alpha value is -2.04. The number of hydrogen-bond donors (Lipinski definition) is 3. The van der Waals surface area contributed by atoms with Crippen LogP contribution in [0.1, 0.15) is 19.1 Å². The predicted molar refractivity (Wildman–Crippen MR) is 74.1 cm³/mol. The number of nitrogens with two attached hydrogens (primary N) is 1. The Bertz CT molecular complexity index is 822. The maximum atomic E-state index is 12.1. The van der Waals surface area contributed by atoms with E-state index in [9.17, 15) is 14.4 Å². The molecule has 4 N–H and O–H groups in total. The first-order chi connectivity index (χ1) is 10.0. The highest BCUT2D eigenvalue weighted by Crippen LogP contribution is 2.28. The van der Waals surface area contributed by atoms with Crippen LogP contribution in [-0.2, 0) is 9.53 Å². The standard InChI is InChI=1S/C11H12N4O5S/c12-10-13-7-6(8(18)14-10)21-11(19)15(7)9-5(17)3-4(20-9)1-2-16/h4,9,16H,1-3H2,(H3,12,13,14,18)/t4-,9-/m1/s1. The summed E-state index contributed by atoms with van der Waals surface area (Å²) in [7, 11) is 0. The molecule has 112 valence electrons. The first-order valence-corrected chi connectivity index (χ1v) is 7.02. The van der Waals surface area contributed by atoms with Gasteiger partial charge in [0.15, 0.2) is 17.7 Å². The number of carbonyl (C=O) groups is 1. The van der Waals surface area contributed by atoms with Crippen molar-refractivity contribution in [3.8, 4) is 0 Å². The van der Waals surface area contributed by atoms with Gasteiger partial charge in [-0.25, -0.2) is 4.57 Å². The molecule has 1 saturated heterocycles. The number of aromatic amines is 1. The van der Waals surface area contributed by atoms with Gasteiger partial charge in [-0.15, -0.1) is 0 Å². The number of aliphatic hydroxyl groups is 1. The van der Waals surface area contributed by atoms with E-state index < -0.39 is 22.8 Å². The molecule has 0 amide bonds. The number of fused-ring (bicyclic) bond motifs is 1. The van der Waals surface area contributed by atoms with Gasteiger partial charge in [-0.1, -0.05) is 11.3 Å². The third kappa shape index (κ3) is 2.26. The lowest BCUT2D eigenvalue weighted by molar-refractivity contribution is -0.127. The van der Waals surface area contributed by atoms with Crippen LogP contribution in [0.5, 0.6) is 0 Å². The fourth-order valence-corrected chi connectivity index (χ4v) is 3.14. The van der Waals surface area contributed by atoms with Crippen LogP contribution in [0.3, 0.4) is 0 Å². The number of carbonyl (C=O) groups excluding carboxylic acids is 1. The van der Waals surface area contributed by atoms with E-state index in [4.69, 9.17) is 15.6 Å². The third-order valence-electron chi connectivity index (χ3n) is 3.20. The molecule has 0 unspecified atom stereocenters. The van der Waals surface area contributed by atoms with Crippen LogP contribution in [0.25, 0.3) is 10.3 Å². The molecule has 3 rings (SSSR count). The Morgan fingerprint density at radius 2 is 2.24 bits per heavy atom. The molecular weight excluding hydrogens is 300 g/mol. The smallest absolute Gasteiger partial charge is 0.312 e. The van der Waals surface area contributed by atoms with E-state index in [0.717, 1.165) is 4.57 Å². The van der Waals surface area contributed by atoms with Crippen LogP contribution in [0, 0.1) is 0 Å². The number of nitrogen functional groups attached to an aromatic ring is 1. The van der Waals surface area contributed by atoms with Crippen LogP contribution in [-0.4, -0.2) is 38.1 Å². The molecule has 9 nitrogen and oxygen atoms in total. The largest absolute Gasteiger partial charge is 0.396 e. The van der Waals surface area contributed by atoms with Crippen molar-refractivity contribution in [3.63, 3.8) is 0 Å². The average molecular weight is 312 g/mol. The van der Waals surface area contributed by atoms with Crippen molar-refractivity contribution < 1.29 is 14.6 Å². The van der Waals surface area contributed by atoms with E-state index in [-0.39, 0.29) is 35.1 Å². The van der Waals surface area contributed by atoms with Crippen LogP contribution in [0.2, 0.25) is 0 Å². The fraction of sp³-hybridized carbons (Fsp3) is 0.455. The van der Waals surface area contributed by atoms with Crippen molar-refractivity contribution in [2.75, 3.05) is 12.3 Å². The van der Waals surface area contributed by atoms with Crippen molar-refractivity contribution in [2.24, 2.45) is 0 Å². The number of anilines is 1. The molecular formula is C11H12N4O5S. The minimum absolute atomic E-state index is 0.0363. The molecule has 0 spiro atoms. The summed E-state index contributed by atoms with van der Waals surface area (Å²) in [6, 6.07) is 0. The van der Waals surface area contributed by atoms with Crippen molar-refractivity contribution in [2.45, 2.75) is 25.2 Å². The topological polar surface area (TPSA) is 140 Å². The van der Waals surface area contributed by atoms with Crippen LogP contribution < -0.4 is 16.2 Å². The van der Waals surface area contributed by atoms with Gasteiger partial charge < -0.3 is 15.6 Å². The van der Waals surface area contributed by atoms with E-state index in [2.05, 4.69) is 9.97 Å². The molecule has 21 heavy (non-hydrogen) atoms. The Labute approximate surface area is 121 Å². The zero-order valence-corrected chi connectivity index (χ0v) is 11.6. The second kappa shape index (κ2) is 5.06. The minimum atomic E-state index is -1.13. The number of aromatic nitrogens is 3. The van der Waals surface area contributed by atoms with E-state index in [1.807, 2.05) is 0 Å². The zero-order valence-electron chi connectivity index (χ0n) is 10.7. The van der Waals surface area contributed by atoms with Gasteiger partial charge in [0.05, 0.1) is 6.10 Å². The Balaban J connectivity index is 2.13. The summed E-state index contributed by atoms with van der Waals surface area (Å²) in [6.45, 7) is -0.116. The molecule has 3 heterocycles. The number of rotatable bonds is 3. The fourth-order valence-electron chi connectivity index (χ4n) is 2.30. The van der Waals surface area contributed by atoms with Gasteiger partial charge in [0.2, 0.25) is 5.95 Å². The summed E-state index contributed by atoms with van der Waals surface area (Å²) in [4.78, 5) is 41.5. The van der Waals surface area contributed by atoms with Crippen LogP contribution in [0.15, 0.2) is 9.59 Å². The SMILES string of the molecule is Nc1nc2c(sc(=O)n2[C@@H]2O[C@H](CCO)CC2=O)c(=O)[nH]1. The number of ether oxygens (including phenoxy) is 1. The highest BCUT2D eigenvalue weighted by molar-refractivity contribution is 7.16. The molecule has 2 aromatic heterocycles. The quantitative estimate of drug-likeness (QED) is 0.658. The summed E-state index contributed by atoms with van der Waals surface area (Å²) in [5.41, 5.74) is 4.98. The van der Waals surface area contributed by atoms with Gasteiger partial charge in [0.25, 0.3) is 5.56 Å². The van der Waals surface area contributed by atoms with Gasteiger partial charge in [-0.3, -0.25) is 19.4 Å². The molecule has 0 saturated carbocycles. The van der Waals surface area contributed by atoms with Crippen LogP contribution >= 0.6 is 11.3 Å². The predicted octanol–water partition coefficient (Wildman–Crippen LogP) is -1.03. The number of nitrogens with one attached hydrogen (secondary N) is 1. The molecule has 0 bridgehead atoms. The normalized spacial score (nSPS) is 22.2.